The van der Waals surface area contributed by atoms with Crippen LogP contribution in [0.1, 0.15) is 25.3 Å². The molecule has 0 saturated heterocycles. The van der Waals surface area contributed by atoms with Crippen LogP contribution in [0.5, 0.6) is 0 Å². The lowest BCUT2D eigenvalue weighted by Gasteiger charge is -2.04. The fourth-order valence-corrected chi connectivity index (χ4v) is 2.74. The third kappa shape index (κ3) is 1.66. The zero-order chi connectivity index (χ0) is 11.2. The average Bonchev–Trinajstić information content (AvgIpc) is 2.73. The molecule has 2 unspecified atom stereocenters. The van der Waals surface area contributed by atoms with Crippen LogP contribution in [0.4, 0.5) is 4.39 Å². The fourth-order valence-electron chi connectivity index (χ4n) is 2.55. The summed E-state index contributed by atoms with van der Waals surface area (Å²) in [6.45, 7) is 5.05. The Balaban J connectivity index is 2.29. The second-order valence-electron chi connectivity index (χ2n) is 4.81. The van der Waals surface area contributed by atoms with Gasteiger partial charge in [-0.3, -0.25) is 0 Å². The molecule has 1 fully saturated rings. The van der Waals surface area contributed by atoms with Crippen LogP contribution in [0.15, 0.2) is 18.2 Å². The van der Waals surface area contributed by atoms with E-state index < -0.39 is 0 Å². The average molecular weight is 228 g/mol. The highest BCUT2D eigenvalue weighted by molar-refractivity contribution is 6.30. The van der Waals surface area contributed by atoms with Crippen LogP contribution < -0.4 is 5.73 Å². The molecule has 2 rings (SSSR count). The van der Waals surface area contributed by atoms with Gasteiger partial charge in [-0.15, -0.1) is 0 Å². The zero-order valence-electron chi connectivity index (χ0n) is 8.93. The molecule has 0 aliphatic heterocycles. The Morgan fingerprint density at radius 1 is 1.47 bits per heavy atom. The number of nitrogens with two attached hydrogens (primary N) is 1. The summed E-state index contributed by atoms with van der Waals surface area (Å²) in [4.78, 5) is 0. The summed E-state index contributed by atoms with van der Waals surface area (Å²) in [6, 6.07) is 4.96. The van der Waals surface area contributed by atoms with E-state index in [4.69, 9.17) is 17.3 Å². The van der Waals surface area contributed by atoms with E-state index in [0.29, 0.717) is 18.4 Å². The predicted octanol–water partition coefficient (Wildman–Crippen LogP) is 3.18. The molecule has 1 aliphatic carbocycles. The van der Waals surface area contributed by atoms with Gasteiger partial charge in [-0.1, -0.05) is 31.5 Å². The van der Waals surface area contributed by atoms with Crippen LogP contribution in [-0.2, 0) is 0 Å². The topological polar surface area (TPSA) is 26.0 Å². The molecule has 1 aliphatic rings. The number of benzene rings is 1. The first-order valence-corrected chi connectivity index (χ1v) is 5.51. The van der Waals surface area contributed by atoms with Gasteiger partial charge in [-0.2, -0.15) is 0 Å². The number of hydrogen-bond acceptors (Lipinski definition) is 1. The maximum Gasteiger partial charge on any atom is 0.141 e. The van der Waals surface area contributed by atoms with Crippen molar-refractivity contribution in [1.82, 2.24) is 0 Å². The van der Waals surface area contributed by atoms with E-state index >= 15 is 0 Å². The van der Waals surface area contributed by atoms with Crippen LogP contribution in [-0.4, -0.2) is 6.54 Å². The van der Waals surface area contributed by atoms with Crippen LogP contribution in [0.2, 0.25) is 5.02 Å². The van der Waals surface area contributed by atoms with E-state index in [1.165, 1.54) is 6.07 Å². The second kappa shape index (κ2) is 3.46. The molecule has 0 bridgehead atoms. The summed E-state index contributed by atoms with van der Waals surface area (Å²) in [6.07, 6.45) is 0. The van der Waals surface area contributed by atoms with Crippen molar-refractivity contribution in [3.05, 3.63) is 34.6 Å². The van der Waals surface area contributed by atoms with Crippen LogP contribution in [0.25, 0.3) is 0 Å². The molecule has 0 heterocycles. The SMILES string of the molecule is CC1(C)C(CN)C1c1ccc(F)c(Cl)c1. The summed E-state index contributed by atoms with van der Waals surface area (Å²) >= 11 is 5.76. The highest BCUT2D eigenvalue weighted by atomic mass is 35.5. The van der Waals surface area contributed by atoms with Gasteiger partial charge in [0, 0.05) is 0 Å². The largest absolute Gasteiger partial charge is 0.330 e. The summed E-state index contributed by atoms with van der Waals surface area (Å²) in [5.74, 6) is 0.544. The van der Waals surface area contributed by atoms with Gasteiger partial charge >= 0.3 is 0 Å². The van der Waals surface area contributed by atoms with Gasteiger partial charge in [0.05, 0.1) is 5.02 Å². The Bertz CT molecular complexity index is 389. The van der Waals surface area contributed by atoms with Gasteiger partial charge in [-0.25, -0.2) is 4.39 Å². The minimum atomic E-state index is -0.358. The molecule has 2 N–H and O–H groups in total. The molecule has 0 radical (unpaired) electrons. The molecule has 0 spiro atoms. The standard InChI is InChI=1S/C12H15ClFN/c1-12(2)8(6-15)11(12)7-3-4-10(14)9(13)5-7/h3-5,8,11H,6,15H2,1-2H3. The summed E-state index contributed by atoms with van der Waals surface area (Å²) in [7, 11) is 0. The number of hydrogen-bond donors (Lipinski definition) is 1. The van der Waals surface area contributed by atoms with E-state index in [0.717, 1.165) is 5.56 Å². The van der Waals surface area contributed by atoms with Gasteiger partial charge in [-0.05, 0) is 41.5 Å². The van der Waals surface area contributed by atoms with Gasteiger partial charge in [0.2, 0.25) is 0 Å². The van der Waals surface area contributed by atoms with Gasteiger partial charge in [0.15, 0.2) is 0 Å². The first kappa shape index (κ1) is 10.9. The molecular formula is C12H15ClFN. The highest BCUT2D eigenvalue weighted by Gasteiger charge is 2.57. The van der Waals surface area contributed by atoms with Crippen LogP contribution in [0.3, 0.4) is 0 Å². The Kier molecular flexibility index (Phi) is 2.52. The first-order valence-electron chi connectivity index (χ1n) is 5.13. The number of rotatable bonds is 2. The van der Waals surface area contributed by atoms with E-state index in [1.807, 2.05) is 6.07 Å². The third-order valence-corrected chi connectivity index (χ3v) is 3.90. The van der Waals surface area contributed by atoms with Gasteiger partial charge < -0.3 is 5.73 Å². The molecule has 82 valence electrons. The molecule has 2 atom stereocenters. The Morgan fingerprint density at radius 2 is 2.13 bits per heavy atom. The molecule has 15 heavy (non-hydrogen) atoms. The normalized spacial score (nSPS) is 27.8. The second-order valence-corrected chi connectivity index (χ2v) is 5.22. The number of halogens is 2. The van der Waals surface area contributed by atoms with Crippen molar-refractivity contribution < 1.29 is 4.39 Å². The van der Waals surface area contributed by atoms with Crippen molar-refractivity contribution in [3.63, 3.8) is 0 Å². The monoisotopic (exact) mass is 227 g/mol. The lowest BCUT2D eigenvalue weighted by Crippen LogP contribution is -2.05. The van der Waals surface area contributed by atoms with Crippen molar-refractivity contribution >= 4 is 11.6 Å². The first-order chi connectivity index (χ1) is 6.98. The maximum atomic E-state index is 13.0. The van der Waals surface area contributed by atoms with E-state index in [9.17, 15) is 4.39 Å². The van der Waals surface area contributed by atoms with Crippen molar-refractivity contribution in [3.8, 4) is 0 Å². The Morgan fingerprint density at radius 3 is 2.60 bits per heavy atom. The minimum absolute atomic E-state index is 0.200. The lowest BCUT2D eigenvalue weighted by atomic mass is 10.0. The van der Waals surface area contributed by atoms with Crippen LogP contribution in [0, 0.1) is 17.2 Å². The Hall–Kier alpha value is -0.600. The van der Waals surface area contributed by atoms with Crippen molar-refractivity contribution in [2.24, 2.45) is 17.1 Å². The molecule has 0 aromatic heterocycles. The van der Waals surface area contributed by atoms with E-state index in [2.05, 4.69) is 13.8 Å². The smallest absolute Gasteiger partial charge is 0.141 e. The molecular weight excluding hydrogens is 213 g/mol. The zero-order valence-corrected chi connectivity index (χ0v) is 9.68. The quantitative estimate of drug-likeness (QED) is 0.825. The molecule has 3 heteroatoms. The van der Waals surface area contributed by atoms with Gasteiger partial charge in [0.25, 0.3) is 0 Å². The minimum Gasteiger partial charge on any atom is -0.330 e. The summed E-state index contributed by atoms with van der Waals surface area (Å²) in [5, 5.41) is 0.200. The fraction of sp³-hybridized carbons (Fsp3) is 0.500. The highest BCUT2D eigenvalue weighted by Crippen LogP contribution is 2.63. The molecule has 1 aromatic rings. The van der Waals surface area contributed by atoms with Gasteiger partial charge in [0.1, 0.15) is 5.82 Å². The van der Waals surface area contributed by atoms with Crippen molar-refractivity contribution in [2.75, 3.05) is 6.54 Å². The van der Waals surface area contributed by atoms with Crippen LogP contribution >= 0.6 is 11.6 Å². The van der Waals surface area contributed by atoms with E-state index in [1.54, 1.807) is 6.07 Å². The molecule has 1 aromatic carbocycles. The maximum absolute atomic E-state index is 13.0. The van der Waals surface area contributed by atoms with E-state index in [-0.39, 0.29) is 16.3 Å². The van der Waals surface area contributed by atoms with Crippen molar-refractivity contribution in [1.29, 1.82) is 0 Å². The predicted molar refractivity (Wildman–Crippen MR) is 60.5 cm³/mol. The molecule has 0 amide bonds. The third-order valence-electron chi connectivity index (χ3n) is 3.61. The molecule has 1 saturated carbocycles. The lowest BCUT2D eigenvalue weighted by molar-refractivity contribution is 0.558. The molecule has 1 nitrogen and oxygen atoms in total. The summed E-state index contributed by atoms with van der Waals surface area (Å²) < 4.78 is 13.0. The summed E-state index contributed by atoms with van der Waals surface area (Å²) in [5.41, 5.74) is 7.02. The Labute approximate surface area is 94.4 Å². The van der Waals surface area contributed by atoms with Crippen molar-refractivity contribution in [2.45, 2.75) is 19.8 Å².